The zero-order valence-electron chi connectivity index (χ0n) is 7.11. The highest BCUT2D eigenvalue weighted by Crippen LogP contribution is 2.18. The van der Waals surface area contributed by atoms with Gasteiger partial charge in [0.05, 0.1) is 11.4 Å². The molecule has 0 saturated carbocycles. The van der Waals surface area contributed by atoms with Gasteiger partial charge in [0, 0.05) is 21.3 Å². The van der Waals surface area contributed by atoms with Gasteiger partial charge in [-0.05, 0) is 56.1 Å². The second kappa shape index (κ2) is 4.19. The second-order valence-electron chi connectivity index (χ2n) is 2.72. The molecule has 0 unspecified atom stereocenters. The number of pyridine rings is 2. The number of rotatable bonds is 1. The summed E-state index contributed by atoms with van der Waals surface area (Å²) in [5, 5.41) is 0. The van der Waals surface area contributed by atoms with Crippen LogP contribution in [0.25, 0.3) is 11.4 Å². The van der Waals surface area contributed by atoms with E-state index < -0.39 is 0 Å². The fraction of sp³-hybridized carbons (Fsp3) is 0. The number of hydrogen-bond acceptors (Lipinski definition) is 2. The number of hydrogen-bond donors (Lipinski definition) is 0. The summed E-state index contributed by atoms with van der Waals surface area (Å²) in [5.74, 6) is 0. The lowest BCUT2D eigenvalue weighted by Crippen LogP contribution is -1.85. The van der Waals surface area contributed by atoms with Crippen molar-refractivity contribution in [1.82, 2.24) is 9.97 Å². The Morgan fingerprint density at radius 2 is 1.14 bits per heavy atom. The first-order valence-corrected chi connectivity index (χ1v) is 5.58. The molecular weight excluding hydrogens is 312 g/mol. The van der Waals surface area contributed by atoms with Gasteiger partial charge >= 0.3 is 0 Å². The summed E-state index contributed by atoms with van der Waals surface area (Å²) < 4.78 is 1.94. The molecule has 2 heterocycles. The Labute approximate surface area is 98.7 Å². The molecular formula is C10H6Br2N2. The normalized spacial score (nSPS) is 10.1. The fourth-order valence-corrected chi connectivity index (χ4v) is 1.52. The molecule has 2 nitrogen and oxygen atoms in total. The van der Waals surface area contributed by atoms with Crippen molar-refractivity contribution < 1.29 is 0 Å². The quantitative estimate of drug-likeness (QED) is 0.802. The van der Waals surface area contributed by atoms with Crippen LogP contribution >= 0.6 is 31.9 Å². The third-order valence-electron chi connectivity index (χ3n) is 1.72. The van der Waals surface area contributed by atoms with E-state index in [1.165, 1.54) is 0 Å². The van der Waals surface area contributed by atoms with E-state index in [1.54, 1.807) is 12.4 Å². The average molecular weight is 318 g/mol. The molecule has 2 aromatic heterocycles. The van der Waals surface area contributed by atoms with Crippen LogP contribution in [-0.4, -0.2) is 9.97 Å². The Morgan fingerprint density at radius 3 is 1.43 bits per heavy atom. The molecule has 0 aliphatic rings. The highest BCUT2D eigenvalue weighted by atomic mass is 79.9. The maximum atomic E-state index is 4.25. The molecule has 0 saturated heterocycles. The smallest absolute Gasteiger partial charge is 0.0886 e. The van der Waals surface area contributed by atoms with Gasteiger partial charge in [0.15, 0.2) is 0 Å². The topological polar surface area (TPSA) is 25.8 Å². The molecule has 4 heteroatoms. The Balaban J connectivity index is 2.40. The van der Waals surface area contributed by atoms with Crippen molar-refractivity contribution >= 4 is 31.9 Å². The first kappa shape index (κ1) is 9.80. The van der Waals surface area contributed by atoms with Crippen LogP contribution in [0.2, 0.25) is 0 Å². The van der Waals surface area contributed by atoms with Crippen molar-refractivity contribution in [1.29, 1.82) is 0 Å². The molecule has 0 radical (unpaired) electrons. The van der Waals surface area contributed by atoms with Crippen LogP contribution < -0.4 is 0 Å². The Hall–Kier alpha value is -0.740. The molecule has 0 spiro atoms. The van der Waals surface area contributed by atoms with Gasteiger partial charge in [-0.25, -0.2) is 0 Å². The van der Waals surface area contributed by atoms with Gasteiger partial charge < -0.3 is 0 Å². The number of halogens is 2. The molecule has 2 aromatic rings. The SMILES string of the molecule is Brc1cc[13c](-[13c]2ccc(Br)[13cH]n2)n[13cH]1. The molecule has 0 N–H and O–H groups in total. The standard InChI is InChI=1S/C10H6Br2N2/c11-7-1-3-9(13-5-7)10-4-2-8(12)6-14-10/h1-6H/i5+1,6+1,9+1,10+1. The first-order valence-electron chi connectivity index (χ1n) is 3.99. The summed E-state index contributed by atoms with van der Waals surface area (Å²) in [6.07, 6.45) is 3.53. The molecule has 0 aliphatic carbocycles. The summed E-state index contributed by atoms with van der Waals surface area (Å²) >= 11 is 6.68. The maximum Gasteiger partial charge on any atom is 0.0886 e. The maximum absolute atomic E-state index is 4.25. The van der Waals surface area contributed by atoms with E-state index in [1.807, 2.05) is 24.3 Å². The van der Waals surface area contributed by atoms with Crippen LogP contribution in [-0.2, 0) is 0 Å². The molecule has 0 fully saturated rings. The lowest BCUT2D eigenvalue weighted by molar-refractivity contribution is 1.23. The minimum atomic E-state index is 0.876. The molecule has 0 bridgehead atoms. The Morgan fingerprint density at radius 1 is 0.714 bits per heavy atom. The van der Waals surface area contributed by atoms with E-state index in [0.29, 0.717) is 0 Å². The van der Waals surface area contributed by atoms with Gasteiger partial charge in [-0.3, -0.25) is 9.97 Å². The summed E-state index contributed by atoms with van der Waals surface area (Å²) in [6, 6.07) is 7.76. The minimum Gasteiger partial charge on any atom is -0.253 e. The van der Waals surface area contributed by atoms with Gasteiger partial charge in [-0.15, -0.1) is 0 Å². The third-order valence-corrected chi connectivity index (χ3v) is 2.66. The monoisotopic (exact) mass is 316 g/mol. The van der Waals surface area contributed by atoms with Gasteiger partial charge in [0.1, 0.15) is 0 Å². The van der Waals surface area contributed by atoms with Gasteiger partial charge in [0.25, 0.3) is 0 Å². The molecule has 2 rings (SSSR count). The lowest BCUT2D eigenvalue weighted by Gasteiger charge is -1.99. The molecule has 0 amide bonds. The van der Waals surface area contributed by atoms with Crippen LogP contribution in [0.4, 0.5) is 0 Å². The Bertz CT molecular complexity index is 379. The van der Waals surface area contributed by atoms with E-state index >= 15 is 0 Å². The number of aromatic nitrogens is 2. The summed E-state index contributed by atoms with van der Waals surface area (Å²) in [7, 11) is 0. The second-order valence-corrected chi connectivity index (χ2v) is 4.55. The van der Waals surface area contributed by atoms with Crippen LogP contribution in [0.3, 0.4) is 0 Å². The average Bonchev–Trinajstić information content (AvgIpc) is 2.21. The van der Waals surface area contributed by atoms with Crippen molar-refractivity contribution in [3.05, 3.63) is 45.6 Å². The predicted molar refractivity (Wildman–Crippen MR) is 62.9 cm³/mol. The first-order chi connectivity index (χ1) is 6.75. The minimum absolute atomic E-state index is 0.876. The lowest BCUT2D eigenvalue weighted by atomic mass is 10.6. The van der Waals surface area contributed by atoms with Crippen molar-refractivity contribution in [3.8, 4) is 11.4 Å². The van der Waals surface area contributed by atoms with Crippen LogP contribution in [0, 0.1) is 0 Å². The largest absolute Gasteiger partial charge is 0.253 e. The van der Waals surface area contributed by atoms with Gasteiger partial charge in [-0.1, -0.05) is 0 Å². The van der Waals surface area contributed by atoms with E-state index in [4.69, 9.17) is 0 Å². The van der Waals surface area contributed by atoms with Crippen molar-refractivity contribution in [2.75, 3.05) is 0 Å². The summed E-state index contributed by atoms with van der Waals surface area (Å²) in [4.78, 5) is 8.51. The molecule has 0 aromatic carbocycles. The van der Waals surface area contributed by atoms with E-state index in [0.717, 1.165) is 20.3 Å². The zero-order valence-corrected chi connectivity index (χ0v) is 10.3. The van der Waals surface area contributed by atoms with E-state index in [2.05, 4.69) is 41.8 Å². The molecule has 0 aliphatic heterocycles. The summed E-state index contributed by atoms with van der Waals surface area (Å²) in [6.45, 7) is 0. The summed E-state index contributed by atoms with van der Waals surface area (Å²) in [5.41, 5.74) is 1.75. The highest BCUT2D eigenvalue weighted by molar-refractivity contribution is 9.10. The van der Waals surface area contributed by atoms with E-state index in [9.17, 15) is 0 Å². The zero-order chi connectivity index (χ0) is 9.97. The van der Waals surface area contributed by atoms with Crippen molar-refractivity contribution in [3.63, 3.8) is 0 Å². The van der Waals surface area contributed by atoms with Crippen molar-refractivity contribution in [2.24, 2.45) is 0 Å². The molecule has 0 atom stereocenters. The highest BCUT2D eigenvalue weighted by Gasteiger charge is 1.99. The van der Waals surface area contributed by atoms with Crippen LogP contribution in [0.15, 0.2) is 45.6 Å². The molecule has 14 heavy (non-hydrogen) atoms. The van der Waals surface area contributed by atoms with Gasteiger partial charge in [0.2, 0.25) is 0 Å². The van der Waals surface area contributed by atoms with Crippen LogP contribution in [0.1, 0.15) is 0 Å². The number of nitrogens with zero attached hydrogens (tertiary/aromatic N) is 2. The van der Waals surface area contributed by atoms with Crippen LogP contribution in [0.5, 0.6) is 0 Å². The Kier molecular flexibility index (Phi) is 2.93. The van der Waals surface area contributed by atoms with Crippen molar-refractivity contribution in [2.45, 2.75) is 0 Å². The fourth-order valence-electron chi connectivity index (χ4n) is 1.05. The predicted octanol–water partition coefficient (Wildman–Crippen LogP) is 3.67. The van der Waals surface area contributed by atoms with Gasteiger partial charge in [-0.2, -0.15) is 0 Å². The third kappa shape index (κ3) is 2.19. The van der Waals surface area contributed by atoms with E-state index in [-0.39, 0.29) is 0 Å². The molecule has 70 valence electrons.